The van der Waals surface area contributed by atoms with Crippen LogP contribution in [-0.2, 0) is 14.3 Å². The Morgan fingerprint density at radius 2 is 1.50 bits per heavy atom. The summed E-state index contributed by atoms with van der Waals surface area (Å²) in [4.78, 5) is 41.3. The van der Waals surface area contributed by atoms with E-state index in [0.29, 0.717) is 11.4 Å². The standard InChI is InChI=1S/C28H39N3O5/c1-17(2)23(30-27(34)36-28(5,6)7)26(33)31(8)24(22-18(3)11-10-12-19(22)4)25(32)29-20-13-15-21(35-9)16-14-20/h10-17,23-24H,1-9H3,(H,29,32)(H,30,34). The Bertz CT molecular complexity index is 1050. The van der Waals surface area contributed by atoms with E-state index in [-0.39, 0.29) is 11.8 Å². The van der Waals surface area contributed by atoms with Crippen LogP contribution in [0.25, 0.3) is 0 Å². The van der Waals surface area contributed by atoms with Gasteiger partial charge in [0.2, 0.25) is 5.91 Å². The SMILES string of the molecule is COc1ccc(NC(=O)C(c2c(C)cccc2C)N(C)C(=O)C(NC(=O)OC(C)(C)C)C(C)C)cc1. The molecule has 2 atom stereocenters. The fraction of sp³-hybridized carbons (Fsp3) is 0.464. The highest BCUT2D eigenvalue weighted by Crippen LogP contribution is 2.29. The van der Waals surface area contributed by atoms with E-state index >= 15 is 0 Å². The number of nitrogens with zero attached hydrogens (tertiary/aromatic N) is 1. The molecule has 8 heteroatoms. The Labute approximate surface area is 214 Å². The lowest BCUT2D eigenvalue weighted by Gasteiger charge is -2.34. The van der Waals surface area contributed by atoms with Gasteiger partial charge < -0.3 is 25.0 Å². The molecular weight excluding hydrogens is 458 g/mol. The Balaban J connectivity index is 2.43. The maximum absolute atomic E-state index is 13.7. The molecule has 0 saturated carbocycles. The molecule has 0 fully saturated rings. The molecule has 2 N–H and O–H groups in total. The number of ether oxygens (including phenoxy) is 2. The first-order valence-corrected chi connectivity index (χ1v) is 12.0. The third-order valence-electron chi connectivity index (χ3n) is 5.76. The Hall–Kier alpha value is -3.55. The van der Waals surface area contributed by atoms with E-state index in [4.69, 9.17) is 9.47 Å². The van der Waals surface area contributed by atoms with Crippen molar-refractivity contribution < 1.29 is 23.9 Å². The lowest BCUT2D eigenvalue weighted by Crippen LogP contribution is -2.53. The summed E-state index contributed by atoms with van der Waals surface area (Å²) in [5.41, 5.74) is 2.36. The molecule has 0 aliphatic rings. The zero-order valence-electron chi connectivity index (χ0n) is 22.8. The maximum atomic E-state index is 13.7. The highest BCUT2D eigenvalue weighted by Gasteiger charge is 2.36. The number of hydrogen-bond acceptors (Lipinski definition) is 5. The molecule has 2 unspecified atom stereocenters. The molecule has 2 aromatic carbocycles. The van der Waals surface area contributed by atoms with Crippen LogP contribution in [0.4, 0.5) is 10.5 Å². The van der Waals surface area contributed by atoms with Crippen molar-refractivity contribution in [3.8, 4) is 5.75 Å². The largest absolute Gasteiger partial charge is 0.497 e. The molecular formula is C28H39N3O5. The first kappa shape index (κ1) is 28.7. The fourth-order valence-corrected chi connectivity index (χ4v) is 3.94. The lowest BCUT2D eigenvalue weighted by atomic mass is 9.93. The summed E-state index contributed by atoms with van der Waals surface area (Å²) in [5, 5.41) is 5.61. The molecule has 0 aromatic heterocycles. The van der Waals surface area contributed by atoms with Crippen molar-refractivity contribution in [3.63, 3.8) is 0 Å². The predicted octanol–water partition coefficient (Wildman–Crippen LogP) is 5.00. The van der Waals surface area contributed by atoms with Crippen molar-refractivity contribution in [1.29, 1.82) is 0 Å². The van der Waals surface area contributed by atoms with Gasteiger partial charge in [-0.05, 0) is 81.5 Å². The highest BCUT2D eigenvalue weighted by atomic mass is 16.6. The summed E-state index contributed by atoms with van der Waals surface area (Å²) < 4.78 is 10.6. The number of aryl methyl sites for hydroxylation is 2. The van der Waals surface area contributed by atoms with Crippen LogP contribution in [0.15, 0.2) is 42.5 Å². The van der Waals surface area contributed by atoms with Crippen molar-refractivity contribution in [2.24, 2.45) is 5.92 Å². The number of benzene rings is 2. The van der Waals surface area contributed by atoms with Gasteiger partial charge in [0.05, 0.1) is 7.11 Å². The van der Waals surface area contributed by atoms with Crippen molar-refractivity contribution in [3.05, 3.63) is 59.2 Å². The smallest absolute Gasteiger partial charge is 0.408 e. The van der Waals surface area contributed by atoms with Crippen LogP contribution in [0.2, 0.25) is 0 Å². The van der Waals surface area contributed by atoms with E-state index in [9.17, 15) is 14.4 Å². The summed E-state index contributed by atoms with van der Waals surface area (Å²) in [6.07, 6.45) is -0.686. The number of likely N-dealkylation sites (N-methyl/N-ethyl adjacent to an activating group) is 1. The zero-order chi connectivity index (χ0) is 27.2. The second kappa shape index (κ2) is 11.9. The van der Waals surface area contributed by atoms with Gasteiger partial charge in [-0.25, -0.2) is 4.79 Å². The normalized spacial score (nSPS) is 12.9. The molecule has 0 bridgehead atoms. The van der Waals surface area contributed by atoms with E-state index in [0.717, 1.165) is 16.7 Å². The molecule has 2 aromatic rings. The number of anilines is 1. The topological polar surface area (TPSA) is 97.0 Å². The molecule has 36 heavy (non-hydrogen) atoms. The first-order valence-electron chi connectivity index (χ1n) is 12.0. The van der Waals surface area contributed by atoms with Gasteiger partial charge in [-0.1, -0.05) is 32.0 Å². The van der Waals surface area contributed by atoms with Gasteiger partial charge in [0, 0.05) is 12.7 Å². The molecule has 0 radical (unpaired) electrons. The van der Waals surface area contributed by atoms with Gasteiger partial charge in [-0.3, -0.25) is 9.59 Å². The average Bonchev–Trinajstić information content (AvgIpc) is 2.78. The molecule has 0 spiro atoms. The van der Waals surface area contributed by atoms with Crippen LogP contribution in [0.5, 0.6) is 5.75 Å². The van der Waals surface area contributed by atoms with Gasteiger partial charge in [-0.15, -0.1) is 0 Å². The van der Waals surface area contributed by atoms with Crippen molar-refractivity contribution in [1.82, 2.24) is 10.2 Å². The summed E-state index contributed by atoms with van der Waals surface area (Å²) in [5.74, 6) is -0.336. The number of carbonyl (C=O) groups excluding carboxylic acids is 3. The van der Waals surface area contributed by atoms with E-state index in [1.165, 1.54) is 4.90 Å². The quantitative estimate of drug-likeness (QED) is 0.535. The van der Waals surface area contributed by atoms with Gasteiger partial charge >= 0.3 is 6.09 Å². The minimum Gasteiger partial charge on any atom is -0.497 e. The van der Waals surface area contributed by atoms with E-state index in [2.05, 4.69) is 10.6 Å². The molecule has 2 rings (SSSR count). The average molecular weight is 498 g/mol. The van der Waals surface area contributed by atoms with Gasteiger partial charge in [-0.2, -0.15) is 0 Å². The van der Waals surface area contributed by atoms with Crippen LogP contribution in [-0.4, -0.2) is 48.6 Å². The monoisotopic (exact) mass is 497 g/mol. The molecule has 3 amide bonds. The number of carbonyl (C=O) groups is 3. The van der Waals surface area contributed by atoms with Crippen molar-refractivity contribution >= 4 is 23.6 Å². The van der Waals surface area contributed by atoms with Crippen LogP contribution in [0, 0.1) is 19.8 Å². The summed E-state index contributed by atoms with van der Waals surface area (Å²) >= 11 is 0. The molecule has 0 aliphatic heterocycles. The predicted molar refractivity (Wildman–Crippen MR) is 141 cm³/mol. The first-order chi connectivity index (χ1) is 16.7. The van der Waals surface area contributed by atoms with Gasteiger partial charge in [0.25, 0.3) is 5.91 Å². The molecule has 0 aliphatic carbocycles. The summed E-state index contributed by atoms with van der Waals surface area (Å²) in [6, 6.07) is 10.9. The second-order valence-corrected chi connectivity index (χ2v) is 10.2. The number of rotatable bonds is 8. The molecule has 196 valence electrons. The zero-order valence-corrected chi connectivity index (χ0v) is 22.8. The van der Waals surface area contributed by atoms with Crippen molar-refractivity contribution in [2.75, 3.05) is 19.5 Å². The number of alkyl carbamates (subject to hydrolysis) is 1. The Morgan fingerprint density at radius 3 is 1.97 bits per heavy atom. The lowest BCUT2D eigenvalue weighted by molar-refractivity contribution is -0.140. The summed E-state index contributed by atoms with van der Waals surface area (Å²) in [6.45, 7) is 12.8. The van der Waals surface area contributed by atoms with E-state index < -0.39 is 29.7 Å². The maximum Gasteiger partial charge on any atom is 0.408 e. The van der Waals surface area contributed by atoms with Crippen LogP contribution in [0.3, 0.4) is 0 Å². The fourth-order valence-electron chi connectivity index (χ4n) is 3.94. The van der Waals surface area contributed by atoms with Crippen LogP contribution >= 0.6 is 0 Å². The number of hydrogen-bond donors (Lipinski definition) is 2. The number of nitrogens with one attached hydrogen (secondary N) is 2. The number of methoxy groups -OCH3 is 1. The minimum atomic E-state index is -0.928. The molecule has 8 nitrogen and oxygen atoms in total. The second-order valence-electron chi connectivity index (χ2n) is 10.2. The third-order valence-corrected chi connectivity index (χ3v) is 5.76. The summed E-state index contributed by atoms with van der Waals surface area (Å²) in [7, 11) is 3.15. The van der Waals surface area contributed by atoms with E-state index in [1.807, 2.05) is 45.9 Å². The van der Waals surface area contributed by atoms with Crippen LogP contribution < -0.4 is 15.4 Å². The molecule has 0 heterocycles. The molecule has 0 saturated heterocycles. The Morgan fingerprint density at radius 1 is 0.944 bits per heavy atom. The van der Waals surface area contributed by atoms with E-state index in [1.54, 1.807) is 59.2 Å². The van der Waals surface area contributed by atoms with Crippen molar-refractivity contribution in [2.45, 2.75) is 66.2 Å². The van der Waals surface area contributed by atoms with Crippen LogP contribution in [0.1, 0.15) is 57.4 Å². The minimum absolute atomic E-state index is 0.240. The van der Waals surface area contributed by atoms with Gasteiger partial charge in [0.15, 0.2) is 0 Å². The Kier molecular flexibility index (Phi) is 9.50. The number of amides is 3. The third kappa shape index (κ3) is 7.47. The van der Waals surface area contributed by atoms with Gasteiger partial charge in [0.1, 0.15) is 23.4 Å². The highest BCUT2D eigenvalue weighted by molar-refractivity contribution is 5.99.